The van der Waals surface area contributed by atoms with Crippen LogP contribution in [0.1, 0.15) is 50.1 Å². The first-order valence-electron chi connectivity index (χ1n) is 12.5. The van der Waals surface area contributed by atoms with E-state index in [-0.39, 0.29) is 17.2 Å². The smallest absolute Gasteiger partial charge is 0.301 e. The number of hydrogen-bond acceptors (Lipinski definition) is 8. The van der Waals surface area contributed by atoms with Crippen LogP contribution in [-0.2, 0) is 9.59 Å². The van der Waals surface area contributed by atoms with E-state index >= 15 is 0 Å². The molecule has 1 N–H and O–H groups in total. The van der Waals surface area contributed by atoms with E-state index < -0.39 is 17.7 Å². The molecule has 2 heterocycles. The Morgan fingerprint density at radius 3 is 2.42 bits per heavy atom. The molecule has 200 valence electrons. The number of rotatable bonds is 10. The third-order valence-electron chi connectivity index (χ3n) is 6.20. The normalized spacial score (nSPS) is 16.8. The fraction of sp³-hybridized carbons (Fsp3) is 0.345. The number of benzene rings is 2. The van der Waals surface area contributed by atoms with Crippen LogP contribution in [0.4, 0.5) is 5.82 Å². The number of aryl methyl sites for hydroxylation is 1. The topological polar surface area (TPSA) is 111 Å². The molecule has 9 heteroatoms. The molecular formula is C29H32N2O7. The fourth-order valence-electron chi connectivity index (χ4n) is 4.26. The van der Waals surface area contributed by atoms with Gasteiger partial charge in [-0.3, -0.25) is 14.5 Å². The molecule has 0 saturated carbocycles. The molecule has 0 spiro atoms. The lowest BCUT2D eigenvalue weighted by Gasteiger charge is -2.24. The lowest BCUT2D eigenvalue weighted by molar-refractivity contribution is -0.132. The minimum atomic E-state index is -0.982. The van der Waals surface area contributed by atoms with E-state index in [1.54, 1.807) is 55.5 Å². The van der Waals surface area contributed by atoms with E-state index in [0.717, 1.165) is 6.42 Å². The van der Waals surface area contributed by atoms with Gasteiger partial charge in [-0.15, -0.1) is 0 Å². The number of ether oxygens (including phenoxy) is 3. The molecule has 4 rings (SSSR count). The highest BCUT2D eigenvalue weighted by Gasteiger charge is 2.48. The highest BCUT2D eigenvalue weighted by Crippen LogP contribution is 2.44. The number of aromatic nitrogens is 1. The first-order valence-corrected chi connectivity index (χ1v) is 12.5. The average Bonchev–Trinajstić information content (AvgIpc) is 3.44. The van der Waals surface area contributed by atoms with Crippen molar-refractivity contribution in [2.24, 2.45) is 5.92 Å². The van der Waals surface area contributed by atoms with Crippen molar-refractivity contribution in [2.45, 2.75) is 40.2 Å². The molecule has 3 aromatic rings. The number of methoxy groups -OCH3 is 1. The summed E-state index contributed by atoms with van der Waals surface area (Å²) >= 11 is 0. The van der Waals surface area contributed by atoms with Crippen molar-refractivity contribution in [2.75, 3.05) is 25.2 Å². The maximum atomic E-state index is 13.3. The van der Waals surface area contributed by atoms with Gasteiger partial charge in [-0.2, -0.15) is 0 Å². The van der Waals surface area contributed by atoms with E-state index in [1.165, 1.54) is 12.0 Å². The van der Waals surface area contributed by atoms with Crippen molar-refractivity contribution in [3.8, 4) is 17.2 Å². The molecule has 1 saturated heterocycles. The molecule has 1 aliphatic heterocycles. The highest BCUT2D eigenvalue weighted by atomic mass is 16.5. The number of carbonyl (C=O) groups excluding carboxylic acids is 2. The number of nitrogens with zero attached hydrogens (tertiary/aromatic N) is 2. The fourth-order valence-corrected chi connectivity index (χ4v) is 4.26. The summed E-state index contributed by atoms with van der Waals surface area (Å²) in [5.74, 6) is 0.744. The molecule has 38 heavy (non-hydrogen) atoms. The highest BCUT2D eigenvalue weighted by molar-refractivity contribution is 6.51. The van der Waals surface area contributed by atoms with E-state index in [1.807, 2.05) is 6.92 Å². The van der Waals surface area contributed by atoms with Crippen LogP contribution in [0.15, 0.2) is 58.6 Å². The largest absolute Gasteiger partial charge is 0.507 e. The van der Waals surface area contributed by atoms with Crippen molar-refractivity contribution in [1.82, 2.24) is 5.16 Å². The van der Waals surface area contributed by atoms with Gasteiger partial charge in [0.05, 0.1) is 31.9 Å². The molecule has 2 aromatic carbocycles. The number of aliphatic hydroxyl groups is 1. The summed E-state index contributed by atoms with van der Waals surface area (Å²) in [4.78, 5) is 27.9. The number of hydrogen-bond donors (Lipinski definition) is 1. The Kier molecular flexibility index (Phi) is 8.05. The van der Waals surface area contributed by atoms with Crippen LogP contribution in [0.3, 0.4) is 0 Å². The van der Waals surface area contributed by atoms with E-state index in [0.29, 0.717) is 53.3 Å². The number of Topliss-reactive ketones (excluding diaryl/α,β-unsaturated/α-hetero) is 1. The van der Waals surface area contributed by atoms with Crippen molar-refractivity contribution in [3.05, 3.63) is 71.0 Å². The van der Waals surface area contributed by atoms with Gasteiger partial charge in [-0.1, -0.05) is 25.1 Å². The maximum Gasteiger partial charge on any atom is 0.301 e. The molecule has 1 aromatic heterocycles. The third kappa shape index (κ3) is 5.37. The summed E-state index contributed by atoms with van der Waals surface area (Å²) in [5, 5.41) is 15.3. The summed E-state index contributed by atoms with van der Waals surface area (Å²) in [6, 6.07) is 12.4. The van der Waals surface area contributed by atoms with Gasteiger partial charge in [0.25, 0.3) is 5.78 Å². The quantitative estimate of drug-likeness (QED) is 0.214. The van der Waals surface area contributed by atoms with Crippen LogP contribution in [-0.4, -0.2) is 42.3 Å². The van der Waals surface area contributed by atoms with Crippen LogP contribution in [0.2, 0.25) is 0 Å². The Labute approximate surface area is 221 Å². The molecule has 0 radical (unpaired) electrons. The van der Waals surface area contributed by atoms with Gasteiger partial charge >= 0.3 is 5.91 Å². The molecule has 0 bridgehead atoms. The summed E-state index contributed by atoms with van der Waals surface area (Å²) in [5.41, 5.74) is 0.828. The van der Waals surface area contributed by atoms with Gasteiger partial charge in [0.15, 0.2) is 17.3 Å². The standard InChI is InChI=1S/C29H32N2O7/c1-6-36-21-10-7-19(8-11-21)27(32)25-26(31(29(34)28(25)33)24-15-18(4)38-30-24)20-9-12-22(23(16-20)35-5)37-14-13-17(2)3/h7-12,15-17,26,32H,6,13-14H2,1-5H3/t26-/m0/s1. The van der Waals surface area contributed by atoms with E-state index in [9.17, 15) is 14.7 Å². The Balaban J connectivity index is 1.82. The summed E-state index contributed by atoms with van der Waals surface area (Å²) in [6.45, 7) is 8.80. The van der Waals surface area contributed by atoms with Crippen molar-refractivity contribution < 1.29 is 33.4 Å². The number of anilines is 1. The molecule has 9 nitrogen and oxygen atoms in total. The van der Waals surface area contributed by atoms with Gasteiger partial charge in [-0.25, -0.2) is 0 Å². The summed E-state index contributed by atoms with van der Waals surface area (Å²) in [7, 11) is 1.52. The number of amides is 1. The molecule has 0 unspecified atom stereocenters. The zero-order valence-electron chi connectivity index (χ0n) is 22.2. The lowest BCUT2D eigenvalue weighted by atomic mass is 9.95. The first-order chi connectivity index (χ1) is 18.2. The van der Waals surface area contributed by atoms with Gasteiger partial charge in [0, 0.05) is 11.6 Å². The molecular weight excluding hydrogens is 488 g/mol. The number of ketones is 1. The predicted molar refractivity (Wildman–Crippen MR) is 142 cm³/mol. The van der Waals surface area contributed by atoms with Crippen LogP contribution in [0.5, 0.6) is 17.2 Å². The molecule has 1 amide bonds. The number of aliphatic hydroxyl groups excluding tert-OH is 1. The second kappa shape index (κ2) is 11.4. The summed E-state index contributed by atoms with van der Waals surface area (Å²) in [6.07, 6.45) is 0.874. The minimum Gasteiger partial charge on any atom is -0.507 e. The zero-order valence-corrected chi connectivity index (χ0v) is 22.2. The lowest BCUT2D eigenvalue weighted by Crippen LogP contribution is -2.29. The minimum absolute atomic E-state index is 0.0738. The van der Waals surface area contributed by atoms with Gasteiger partial charge in [0.1, 0.15) is 17.3 Å². The van der Waals surface area contributed by atoms with Gasteiger partial charge in [-0.05, 0) is 68.1 Å². The predicted octanol–water partition coefficient (Wildman–Crippen LogP) is 5.44. The average molecular weight is 521 g/mol. The van der Waals surface area contributed by atoms with Crippen LogP contribution < -0.4 is 19.1 Å². The Bertz CT molecular complexity index is 1340. The summed E-state index contributed by atoms with van der Waals surface area (Å²) < 4.78 is 22.2. The molecule has 1 atom stereocenters. The Morgan fingerprint density at radius 2 is 1.82 bits per heavy atom. The van der Waals surface area contributed by atoms with Gasteiger partial charge < -0.3 is 23.8 Å². The van der Waals surface area contributed by atoms with Gasteiger partial charge in [0.2, 0.25) is 0 Å². The SMILES string of the molecule is CCOc1ccc(C(O)=C2C(=O)C(=O)N(c3cc(C)on3)[C@H]2c2ccc(OCCC(C)C)c(OC)c2)cc1. The zero-order chi connectivity index (χ0) is 27.4. The maximum absolute atomic E-state index is 13.3. The van der Waals surface area contributed by atoms with Crippen molar-refractivity contribution >= 4 is 23.3 Å². The molecule has 0 aliphatic carbocycles. The first kappa shape index (κ1) is 26.8. The second-order valence-corrected chi connectivity index (χ2v) is 9.36. The third-order valence-corrected chi connectivity index (χ3v) is 6.20. The van der Waals surface area contributed by atoms with Crippen LogP contribution in [0, 0.1) is 12.8 Å². The Hall–Kier alpha value is -4.27. The Morgan fingerprint density at radius 1 is 1.08 bits per heavy atom. The number of carbonyl (C=O) groups is 2. The van der Waals surface area contributed by atoms with Crippen LogP contribution in [0.25, 0.3) is 5.76 Å². The molecule has 1 aliphatic rings. The molecule has 1 fully saturated rings. The van der Waals surface area contributed by atoms with Crippen molar-refractivity contribution in [3.63, 3.8) is 0 Å². The van der Waals surface area contributed by atoms with E-state index in [4.69, 9.17) is 18.7 Å². The second-order valence-electron chi connectivity index (χ2n) is 9.36. The van der Waals surface area contributed by atoms with E-state index in [2.05, 4.69) is 19.0 Å². The monoisotopic (exact) mass is 520 g/mol. The van der Waals surface area contributed by atoms with Crippen molar-refractivity contribution in [1.29, 1.82) is 0 Å². The van der Waals surface area contributed by atoms with Crippen LogP contribution >= 0.6 is 0 Å².